The summed E-state index contributed by atoms with van der Waals surface area (Å²) < 4.78 is 13.3. The number of aryl methyl sites for hydroxylation is 3. The van der Waals surface area contributed by atoms with Crippen LogP contribution in [0.4, 0.5) is 0 Å². The average molecular weight is 432 g/mol. The summed E-state index contributed by atoms with van der Waals surface area (Å²) in [5.74, 6) is 2.13. The van der Waals surface area contributed by atoms with E-state index in [1.54, 1.807) is 12.1 Å². The summed E-state index contributed by atoms with van der Waals surface area (Å²) in [6, 6.07) is 19.8. The standard InChI is InChI=1S/C26H29N3O3/c1-20-9-6-10-21(19-20)31-17-5-4-16-29-23-12-3-2-11-22(23)28-25(29)14-7-15-27-26(30)24-13-8-18-32-24/h2-3,6,8-13,18-19H,4-5,7,14-17H2,1H3,(H,27,30). The summed E-state index contributed by atoms with van der Waals surface area (Å²) in [5, 5.41) is 2.90. The number of imidazole rings is 1. The quantitative estimate of drug-likeness (QED) is 0.333. The van der Waals surface area contributed by atoms with Gasteiger partial charge >= 0.3 is 0 Å². The minimum Gasteiger partial charge on any atom is -0.494 e. The van der Waals surface area contributed by atoms with Crippen molar-refractivity contribution in [1.82, 2.24) is 14.9 Å². The van der Waals surface area contributed by atoms with Crippen LogP contribution in [0.5, 0.6) is 5.75 Å². The van der Waals surface area contributed by atoms with Crippen molar-refractivity contribution in [3.8, 4) is 5.75 Å². The van der Waals surface area contributed by atoms with Crippen molar-refractivity contribution in [3.63, 3.8) is 0 Å². The van der Waals surface area contributed by atoms with Crippen LogP contribution in [0.2, 0.25) is 0 Å². The molecule has 1 amide bonds. The van der Waals surface area contributed by atoms with Crippen molar-refractivity contribution in [1.29, 1.82) is 0 Å². The van der Waals surface area contributed by atoms with Gasteiger partial charge in [0.1, 0.15) is 11.6 Å². The van der Waals surface area contributed by atoms with Crippen LogP contribution < -0.4 is 10.1 Å². The van der Waals surface area contributed by atoms with Gasteiger partial charge in [-0.2, -0.15) is 0 Å². The van der Waals surface area contributed by atoms with Gasteiger partial charge in [-0.1, -0.05) is 24.3 Å². The predicted octanol–water partition coefficient (Wildman–Crippen LogP) is 5.16. The number of ether oxygens (including phenoxy) is 1. The number of nitrogens with zero attached hydrogens (tertiary/aromatic N) is 2. The van der Waals surface area contributed by atoms with Gasteiger partial charge in [0.05, 0.1) is 23.9 Å². The molecule has 0 atom stereocenters. The third-order valence-electron chi connectivity index (χ3n) is 5.38. The molecule has 0 unspecified atom stereocenters. The second-order valence-electron chi connectivity index (χ2n) is 7.88. The monoisotopic (exact) mass is 431 g/mol. The van der Waals surface area contributed by atoms with Crippen molar-refractivity contribution < 1.29 is 13.9 Å². The fourth-order valence-corrected chi connectivity index (χ4v) is 3.78. The number of nitrogens with one attached hydrogen (secondary N) is 1. The first-order chi connectivity index (χ1) is 15.7. The Kier molecular flexibility index (Phi) is 7.23. The molecule has 0 bridgehead atoms. The Bertz CT molecular complexity index is 1150. The Morgan fingerprint density at radius 3 is 2.81 bits per heavy atom. The van der Waals surface area contributed by atoms with Crippen LogP contribution in [0.15, 0.2) is 71.3 Å². The number of para-hydroxylation sites is 2. The zero-order valence-corrected chi connectivity index (χ0v) is 18.4. The van der Waals surface area contributed by atoms with E-state index in [0.29, 0.717) is 18.9 Å². The van der Waals surface area contributed by atoms with Gasteiger partial charge in [-0.05, 0) is 68.1 Å². The molecule has 32 heavy (non-hydrogen) atoms. The molecule has 6 nitrogen and oxygen atoms in total. The normalized spacial score (nSPS) is 11.0. The molecule has 2 heterocycles. The van der Waals surface area contributed by atoms with E-state index in [0.717, 1.165) is 54.8 Å². The van der Waals surface area contributed by atoms with Crippen molar-refractivity contribution in [2.45, 2.75) is 39.2 Å². The number of amides is 1. The van der Waals surface area contributed by atoms with Crippen LogP contribution in [0, 0.1) is 6.92 Å². The molecule has 0 saturated carbocycles. The van der Waals surface area contributed by atoms with E-state index in [1.807, 2.05) is 18.2 Å². The van der Waals surface area contributed by atoms with Crippen molar-refractivity contribution >= 4 is 16.9 Å². The summed E-state index contributed by atoms with van der Waals surface area (Å²) in [4.78, 5) is 16.8. The number of carbonyl (C=O) groups excluding carboxylic acids is 1. The molecular weight excluding hydrogens is 402 g/mol. The van der Waals surface area contributed by atoms with Gasteiger partial charge in [0.15, 0.2) is 5.76 Å². The van der Waals surface area contributed by atoms with Gasteiger partial charge in [0.25, 0.3) is 5.91 Å². The van der Waals surface area contributed by atoms with Crippen molar-refractivity contribution in [2.75, 3.05) is 13.2 Å². The average Bonchev–Trinajstić information content (AvgIpc) is 3.45. The van der Waals surface area contributed by atoms with Crippen LogP contribution in [0.1, 0.15) is 41.2 Å². The molecule has 1 N–H and O–H groups in total. The lowest BCUT2D eigenvalue weighted by atomic mass is 10.2. The maximum absolute atomic E-state index is 12.0. The highest BCUT2D eigenvalue weighted by Gasteiger charge is 2.11. The molecule has 0 aliphatic carbocycles. The molecule has 6 heteroatoms. The fourth-order valence-electron chi connectivity index (χ4n) is 3.78. The molecule has 2 aromatic heterocycles. The number of furan rings is 1. The molecule has 4 rings (SSSR count). The Labute approximate surface area is 188 Å². The number of hydrogen-bond donors (Lipinski definition) is 1. The van der Waals surface area contributed by atoms with Crippen LogP contribution in [-0.4, -0.2) is 28.6 Å². The molecule has 4 aromatic rings. The van der Waals surface area contributed by atoms with E-state index >= 15 is 0 Å². The lowest BCUT2D eigenvalue weighted by Gasteiger charge is -2.11. The smallest absolute Gasteiger partial charge is 0.286 e. The topological polar surface area (TPSA) is 69.3 Å². The molecule has 0 saturated heterocycles. The predicted molar refractivity (Wildman–Crippen MR) is 125 cm³/mol. The summed E-state index contributed by atoms with van der Waals surface area (Å²) in [7, 11) is 0. The first-order valence-corrected chi connectivity index (χ1v) is 11.2. The van der Waals surface area contributed by atoms with Gasteiger partial charge in [-0.3, -0.25) is 4.79 Å². The van der Waals surface area contributed by atoms with Crippen LogP contribution in [0.25, 0.3) is 11.0 Å². The number of rotatable bonds is 11. The maximum Gasteiger partial charge on any atom is 0.286 e. The van der Waals surface area contributed by atoms with Gasteiger partial charge in [0, 0.05) is 19.5 Å². The van der Waals surface area contributed by atoms with E-state index in [9.17, 15) is 4.79 Å². The van der Waals surface area contributed by atoms with E-state index in [4.69, 9.17) is 14.1 Å². The second kappa shape index (κ2) is 10.7. The highest BCUT2D eigenvalue weighted by Crippen LogP contribution is 2.18. The SMILES string of the molecule is Cc1cccc(OCCCCn2c(CCCNC(=O)c3ccco3)nc3ccccc32)c1. The minimum absolute atomic E-state index is 0.183. The lowest BCUT2D eigenvalue weighted by Crippen LogP contribution is -2.24. The van der Waals surface area contributed by atoms with Crippen molar-refractivity contribution in [2.24, 2.45) is 0 Å². The maximum atomic E-state index is 12.0. The van der Waals surface area contributed by atoms with Gasteiger partial charge in [-0.25, -0.2) is 4.98 Å². The number of hydrogen-bond acceptors (Lipinski definition) is 4. The lowest BCUT2D eigenvalue weighted by molar-refractivity contribution is 0.0925. The van der Waals surface area contributed by atoms with E-state index in [1.165, 1.54) is 11.8 Å². The Morgan fingerprint density at radius 2 is 1.97 bits per heavy atom. The zero-order valence-electron chi connectivity index (χ0n) is 18.4. The van der Waals surface area contributed by atoms with E-state index < -0.39 is 0 Å². The van der Waals surface area contributed by atoms with Gasteiger partial charge in [-0.15, -0.1) is 0 Å². The highest BCUT2D eigenvalue weighted by molar-refractivity contribution is 5.91. The third-order valence-corrected chi connectivity index (χ3v) is 5.38. The minimum atomic E-state index is -0.183. The molecule has 0 radical (unpaired) electrons. The first kappa shape index (κ1) is 21.7. The molecular formula is C26H29N3O3. The highest BCUT2D eigenvalue weighted by atomic mass is 16.5. The summed E-state index contributed by atoms with van der Waals surface area (Å²) in [5.41, 5.74) is 3.37. The van der Waals surface area contributed by atoms with Gasteiger partial charge < -0.3 is 19.0 Å². The first-order valence-electron chi connectivity index (χ1n) is 11.2. The summed E-state index contributed by atoms with van der Waals surface area (Å²) >= 11 is 0. The van der Waals surface area contributed by atoms with Crippen LogP contribution >= 0.6 is 0 Å². The number of carbonyl (C=O) groups is 1. The van der Waals surface area contributed by atoms with Gasteiger partial charge in [0.2, 0.25) is 0 Å². The molecule has 0 aliphatic heterocycles. The molecule has 2 aromatic carbocycles. The van der Waals surface area contributed by atoms with E-state index in [-0.39, 0.29) is 5.91 Å². The number of unbranched alkanes of at least 4 members (excludes halogenated alkanes) is 1. The fraction of sp³-hybridized carbons (Fsp3) is 0.308. The molecule has 0 fully saturated rings. The largest absolute Gasteiger partial charge is 0.494 e. The number of benzene rings is 2. The van der Waals surface area contributed by atoms with Crippen LogP contribution in [0.3, 0.4) is 0 Å². The molecule has 0 spiro atoms. The summed E-state index contributed by atoms with van der Waals surface area (Å²) in [6.45, 7) is 4.24. The van der Waals surface area contributed by atoms with Crippen molar-refractivity contribution in [3.05, 3.63) is 84.1 Å². The summed E-state index contributed by atoms with van der Waals surface area (Å²) in [6.07, 6.45) is 5.09. The number of fused-ring (bicyclic) bond motifs is 1. The molecule has 166 valence electrons. The van der Waals surface area contributed by atoms with Crippen LogP contribution in [-0.2, 0) is 13.0 Å². The van der Waals surface area contributed by atoms with E-state index in [2.05, 4.69) is 47.1 Å². The Hall–Kier alpha value is -3.54. The Balaban J connectivity index is 1.29. The second-order valence-corrected chi connectivity index (χ2v) is 7.88. The Morgan fingerprint density at radius 1 is 1.06 bits per heavy atom. The molecule has 0 aliphatic rings. The number of aromatic nitrogens is 2. The third kappa shape index (κ3) is 5.58. The zero-order chi connectivity index (χ0) is 22.2.